The predicted molar refractivity (Wildman–Crippen MR) is 106 cm³/mol. The van der Waals surface area contributed by atoms with E-state index >= 15 is 0 Å². The maximum absolute atomic E-state index is 12.4. The fourth-order valence-corrected chi connectivity index (χ4v) is 2.56. The van der Waals surface area contributed by atoms with Crippen LogP contribution in [0.2, 0.25) is 0 Å². The monoisotopic (exact) mass is 345 g/mol. The van der Waals surface area contributed by atoms with Crippen molar-refractivity contribution in [1.29, 1.82) is 0 Å². The third-order valence-corrected chi connectivity index (χ3v) is 4.11. The molecule has 0 aliphatic heterocycles. The summed E-state index contributed by atoms with van der Waals surface area (Å²) in [5.41, 5.74) is 4.31. The lowest BCUT2D eigenvalue weighted by Crippen LogP contribution is -2.11. The van der Waals surface area contributed by atoms with Crippen molar-refractivity contribution in [1.82, 2.24) is 0 Å². The fourth-order valence-electron chi connectivity index (χ4n) is 2.56. The van der Waals surface area contributed by atoms with Crippen LogP contribution < -0.4 is 10.6 Å². The van der Waals surface area contributed by atoms with Crippen LogP contribution in [0.1, 0.15) is 29.0 Å². The van der Waals surface area contributed by atoms with E-state index in [1.165, 1.54) is 6.92 Å². The molecule has 3 rings (SSSR count). The lowest BCUT2D eigenvalue weighted by molar-refractivity contribution is 0.101. The van der Waals surface area contributed by atoms with E-state index in [0.29, 0.717) is 22.9 Å². The van der Waals surface area contributed by atoms with Gasteiger partial charge in [0.05, 0.1) is 1.37 Å². The molecule has 26 heavy (non-hydrogen) atoms. The number of ketones is 1. The van der Waals surface area contributed by atoms with Crippen molar-refractivity contribution >= 4 is 23.1 Å². The Morgan fingerprint density at radius 2 is 1.35 bits per heavy atom. The van der Waals surface area contributed by atoms with Gasteiger partial charge in [-0.1, -0.05) is 36.4 Å². The fraction of sp³-hybridized carbons (Fsp3) is 0.0909. The van der Waals surface area contributed by atoms with Gasteiger partial charge in [-0.3, -0.25) is 9.59 Å². The number of benzene rings is 3. The number of carbonyl (C=O) groups excluding carboxylic acids is 2. The molecule has 0 saturated heterocycles. The minimum atomic E-state index is -0.282. The summed E-state index contributed by atoms with van der Waals surface area (Å²) >= 11 is 0. The molecular formula is C22H20N2O2. The number of nitrogens with one attached hydrogen (secondary N) is 2. The number of anilines is 2. The second-order valence-electron chi connectivity index (χ2n) is 5.91. The summed E-state index contributed by atoms with van der Waals surface area (Å²) in [7, 11) is 1.86. The standard InChI is InChI=1S/C22H20N2O2/c1-15(25)16-3-5-19(6-4-16)22(26)24-21-13-9-18(10-14-21)17-7-11-20(23-2)12-8-17/h3-14,23H,1-2H3,(H,24,26)/i9D. The molecule has 4 heteroatoms. The van der Waals surface area contributed by atoms with Gasteiger partial charge in [-0.15, -0.1) is 0 Å². The van der Waals surface area contributed by atoms with Gasteiger partial charge >= 0.3 is 0 Å². The molecule has 0 spiro atoms. The van der Waals surface area contributed by atoms with E-state index in [2.05, 4.69) is 10.6 Å². The van der Waals surface area contributed by atoms with Gasteiger partial charge in [-0.2, -0.15) is 0 Å². The molecule has 1 amide bonds. The molecule has 0 saturated carbocycles. The Bertz CT molecular complexity index is 980. The molecule has 2 N–H and O–H groups in total. The highest BCUT2D eigenvalue weighted by Crippen LogP contribution is 2.23. The Hall–Kier alpha value is -3.40. The van der Waals surface area contributed by atoms with Crippen molar-refractivity contribution in [3.05, 3.63) is 83.9 Å². The maximum Gasteiger partial charge on any atom is 0.255 e. The van der Waals surface area contributed by atoms with E-state index in [9.17, 15) is 9.59 Å². The van der Waals surface area contributed by atoms with Crippen LogP contribution >= 0.6 is 0 Å². The zero-order valence-electron chi connectivity index (χ0n) is 15.7. The second kappa shape index (κ2) is 7.66. The Morgan fingerprint density at radius 3 is 1.92 bits per heavy atom. The van der Waals surface area contributed by atoms with Crippen molar-refractivity contribution < 1.29 is 11.0 Å². The van der Waals surface area contributed by atoms with Crippen LogP contribution in [0.4, 0.5) is 11.4 Å². The summed E-state index contributed by atoms with van der Waals surface area (Å²) in [6.45, 7) is 1.48. The first-order chi connectivity index (χ1) is 13.0. The molecule has 0 bridgehead atoms. The van der Waals surface area contributed by atoms with E-state index in [1.807, 2.05) is 37.4 Å². The average molecular weight is 345 g/mol. The van der Waals surface area contributed by atoms with Crippen LogP contribution in [0.5, 0.6) is 0 Å². The van der Waals surface area contributed by atoms with Gasteiger partial charge in [0.1, 0.15) is 0 Å². The van der Waals surface area contributed by atoms with Gasteiger partial charge in [0.15, 0.2) is 5.78 Å². The van der Waals surface area contributed by atoms with Gasteiger partial charge in [-0.25, -0.2) is 0 Å². The number of hydrogen-bond acceptors (Lipinski definition) is 3. The minimum Gasteiger partial charge on any atom is -0.388 e. The van der Waals surface area contributed by atoms with E-state index in [-0.39, 0.29) is 11.7 Å². The van der Waals surface area contributed by atoms with Gasteiger partial charge in [0.2, 0.25) is 0 Å². The van der Waals surface area contributed by atoms with Crippen molar-refractivity contribution in [3.63, 3.8) is 0 Å². The second-order valence-corrected chi connectivity index (χ2v) is 5.91. The predicted octanol–water partition coefficient (Wildman–Crippen LogP) is 4.85. The third kappa shape index (κ3) is 3.98. The minimum absolute atomic E-state index is 0.0425. The zero-order chi connectivity index (χ0) is 19.4. The largest absolute Gasteiger partial charge is 0.388 e. The first kappa shape index (κ1) is 16.1. The Morgan fingerprint density at radius 1 is 0.769 bits per heavy atom. The van der Waals surface area contributed by atoms with E-state index in [0.717, 1.165) is 16.8 Å². The molecule has 0 aromatic heterocycles. The van der Waals surface area contributed by atoms with Crippen molar-refractivity contribution in [2.75, 3.05) is 17.7 Å². The van der Waals surface area contributed by atoms with Crippen LogP contribution in [0.15, 0.2) is 72.8 Å². The summed E-state index contributed by atoms with van der Waals surface area (Å²) in [6, 6.07) is 19.9. The summed E-state index contributed by atoms with van der Waals surface area (Å²) in [4.78, 5) is 23.7. The van der Waals surface area contributed by atoms with Crippen LogP contribution in [-0.4, -0.2) is 18.7 Å². The normalized spacial score (nSPS) is 10.8. The molecule has 4 nitrogen and oxygen atoms in total. The number of amides is 1. The Labute approximate surface area is 154 Å². The summed E-state index contributed by atoms with van der Waals surface area (Å²) < 4.78 is 8.27. The summed E-state index contributed by atoms with van der Waals surface area (Å²) in [5, 5.41) is 5.85. The smallest absolute Gasteiger partial charge is 0.255 e. The molecule has 0 radical (unpaired) electrons. The molecule has 3 aromatic carbocycles. The topological polar surface area (TPSA) is 58.2 Å². The summed E-state index contributed by atoms with van der Waals surface area (Å²) in [6.07, 6.45) is 0. The molecule has 130 valence electrons. The van der Waals surface area contributed by atoms with Gasteiger partial charge in [0, 0.05) is 29.5 Å². The van der Waals surface area contributed by atoms with Crippen molar-refractivity contribution in [2.45, 2.75) is 6.92 Å². The highest BCUT2D eigenvalue weighted by Gasteiger charge is 2.07. The lowest BCUT2D eigenvalue weighted by Gasteiger charge is -2.08. The van der Waals surface area contributed by atoms with Crippen molar-refractivity contribution in [2.24, 2.45) is 0 Å². The third-order valence-electron chi connectivity index (χ3n) is 4.11. The SMILES string of the molecule is [2H]c1cc(NC(=O)c2ccc(C(C)=O)cc2)ccc1-c1ccc(NC)cc1. The number of hydrogen-bond donors (Lipinski definition) is 2. The quantitative estimate of drug-likeness (QED) is 0.650. The van der Waals surface area contributed by atoms with E-state index < -0.39 is 0 Å². The van der Waals surface area contributed by atoms with Crippen LogP contribution in [0.3, 0.4) is 0 Å². The number of carbonyl (C=O) groups is 2. The maximum atomic E-state index is 12.4. The zero-order valence-corrected chi connectivity index (χ0v) is 14.7. The molecule has 0 heterocycles. The van der Waals surface area contributed by atoms with Gasteiger partial charge < -0.3 is 10.6 Å². The van der Waals surface area contributed by atoms with Gasteiger partial charge in [-0.05, 0) is 54.4 Å². The first-order valence-electron chi connectivity index (χ1n) is 8.79. The lowest BCUT2D eigenvalue weighted by atomic mass is 10.0. The average Bonchev–Trinajstić information content (AvgIpc) is 2.68. The van der Waals surface area contributed by atoms with Crippen LogP contribution in [-0.2, 0) is 0 Å². The molecular weight excluding hydrogens is 324 g/mol. The highest BCUT2D eigenvalue weighted by molar-refractivity contribution is 6.05. The Balaban J connectivity index is 1.76. The van der Waals surface area contributed by atoms with Crippen LogP contribution in [0, 0.1) is 0 Å². The highest BCUT2D eigenvalue weighted by atomic mass is 16.1. The molecule has 0 aliphatic carbocycles. The van der Waals surface area contributed by atoms with Crippen molar-refractivity contribution in [3.8, 4) is 11.1 Å². The number of rotatable bonds is 5. The van der Waals surface area contributed by atoms with Crippen LogP contribution in [0.25, 0.3) is 11.1 Å². The molecule has 0 unspecified atom stereocenters. The van der Waals surface area contributed by atoms with E-state index in [1.54, 1.807) is 36.4 Å². The summed E-state index contributed by atoms with van der Waals surface area (Å²) in [5.74, 6) is -0.324. The van der Waals surface area contributed by atoms with E-state index in [4.69, 9.17) is 1.37 Å². The van der Waals surface area contributed by atoms with Gasteiger partial charge in [0.25, 0.3) is 5.91 Å². The molecule has 0 aliphatic rings. The number of Topliss-reactive ketones (excluding diaryl/α,β-unsaturated/α-hetero) is 1. The first-order valence-corrected chi connectivity index (χ1v) is 8.29. The molecule has 0 atom stereocenters. The Kier molecular flexibility index (Phi) is 4.74. The molecule has 0 fully saturated rings. The molecule has 3 aromatic rings.